The van der Waals surface area contributed by atoms with Gasteiger partial charge in [-0.25, -0.2) is 4.98 Å². The van der Waals surface area contributed by atoms with E-state index in [4.69, 9.17) is 4.74 Å². The van der Waals surface area contributed by atoms with Gasteiger partial charge in [0, 0.05) is 12.1 Å². The molecule has 0 unspecified atom stereocenters. The average Bonchev–Trinajstić information content (AvgIpc) is 2.75. The molecule has 2 aromatic rings. The van der Waals surface area contributed by atoms with Crippen molar-refractivity contribution < 1.29 is 4.74 Å². The van der Waals surface area contributed by atoms with Crippen LogP contribution in [0.2, 0.25) is 0 Å². The van der Waals surface area contributed by atoms with Crippen LogP contribution in [0.25, 0.3) is 11.3 Å². The molecule has 0 aliphatic carbocycles. The van der Waals surface area contributed by atoms with Gasteiger partial charge in [-0.15, -0.1) is 0 Å². The minimum absolute atomic E-state index is 0.721. The van der Waals surface area contributed by atoms with Crippen LogP contribution in [0.15, 0.2) is 24.4 Å². The summed E-state index contributed by atoms with van der Waals surface area (Å²) in [6, 6.07) is 6.14. The van der Waals surface area contributed by atoms with Gasteiger partial charge in [-0.1, -0.05) is 6.07 Å². The van der Waals surface area contributed by atoms with E-state index in [9.17, 15) is 0 Å². The zero-order valence-corrected chi connectivity index (χ0v) is 9.08. The summed E-state index contributed by atoms with van der Waals surface area (Å²) < 4.78 is 5.60. The second kappa shape index (κ2) is 3.56. The Morgan fingerprint density at radius 3 is 3.12 bits per heavy atom. The van der Waals surface area contributed by atoms with Crippen molar-refractivity contribution in [2.75, 3.05) is 18.5 Å². The topological polar surface area (TPSA) is 49.9 Å². The van der Waals surface area contributed by atoms with E-state index in [0.29, 0.717) is 0 Å². The van der Waals surface area contributed by atoms with Crippen LogP contribution in [0.1, 0.15) is 5.82 Å². The number of nitrogens with zero attached hydrogens (tertiary/aromatic N) is 1. The van der Waals surface area contributed by atoms with E-state index in [1.54, 1.807) is 0 Å². The Bertz CT molecular complexity index is 519. The van der Waals surface area contributed by atoms with E-state index in [-0.39, 0.29) is 0 Å². The lowest BCUT2D eigenvalue weighted by Gasteiger charge is -2.19. The fraction of sp³-hybridized carbons (Fsp3) is 0.250. The summed E-state index contributed by atoms with van der Waals surface area (Å²) in [6.07, 6.45) is 1.84. The number of anilines is 1. The van der Waals surface area contributed by atoms with Gasteiger partial charge in [0.1, 0.15) is 18.2 Å². The van der Waals surface area contributed by atoms with Crippen LogP contribution in [0.3, 0.4) is 0 Å². The average molecular weight is 215 g/mol. The molecule has 1 aliphatic rings. The van der Waals surface area contributed by atoms with E-state index in [1.807, 2.05) is 25.3 Å². The molecule has 1 aromatic heterocycles. The fourth-order valence-corrected chi connectivity index (χ4v) is 1.87. The summed E-state index contributed by atoms with van der Waals surface area (Å²) >= 11 is 0. The Kier molecular flexibility index (Phi) is 2.06. The zero-order chi connectivity index (χ0) is 11.0. The molecule has 4 nitrogen and oxygen atoms in total. The number of aromatic amines is 1. The first kappa shape index (κ1) is 9.27. The second-order valence-electron chi connectivity index (χ2n) is 3.87. The van der Waals surface area contributed by atoms with Crippen molar-refractivity contribution in [3.63, 3.8) is 0 Å². The fourth-order valence-electron chi connectivity index (χ4n) is 1.87. The molecule has 2 heterocycles. The van der Waals surface area contributed by atoms with Gasteiger partial charge in [0.25, 0.3) is 0 Å². The van der Waals surface area contributed by atoms with Crippen LogP contribution in [-0.4, -0.2) is 23.1 Å². The van der Waals surface area contributed by atoms with Crippen LogP contribution in [0.4, 0.5) is 5.69 Å². The van der Waals surface area contributed by atoms with Crippen molar-refractivity contribution in [3.8, 4) is 17.0 Å². The number of hydrogen-bond acceptors (Lipinski definition) is 3. The smallest absolute Gasteiger partial charge is 0.143 e. The molecule has 2 N–H and O–H groups in total. The number of H-pyrrole nitrogens is 1. The molecule has 3 rings (SSSR count). The number of aromatic nitrogens is 2. The molecule has 4 heteroatoms. The van der Waals surface area contributed by atoms with Crippen molar-refractivity contribution in [3.05, 3.63) is 30.2 Å². The van der Waals surface area contributed by atoms with Gasteiger partial charge >= 0.3 is 0 Å². The highest BCUT2D eigenvalue weighted by atomic mass is 16.5. The third-order valence-electron chi connectivity index (χ3n) is 2.67. The Morgan fingerprint density at radius 2 is 2.31 bits per heavy atom. The normalized spacial score (nSPS) is 13.8. The van der Waals surface area contributed by atoms with Crippen LogP contribution in [0, 0.1) is 6.92 Å². The van der Waals surface area contributed by atoms with Crippen LogP contribution in [0.5, 0.6) is 5.75 Å². The van der Waals surface area contributed by atoms with E-state index in [0.717, 1.165) is 41.7 Å². The number of aryl methyl sites for hydroxylation is 1. The quantitative estimate of drug-likeness (QED) is 0.766. The van der Waals surface area contributed by atoms with E-state index >= 15 is 0 Å². The highest BCUT2D eigenvalue weighted by molar-refractivity contribution is 5.69. The first-order valence-electron chi connectivity index (χ1n) is 5.35. The lowest BCUT2D eigenvalue weighted by atomic mass is 10.1. The van der Waals surface area contributed by atoms with Crippen molar-refractivity contribution >= 4 is 5.69 Å². The zero-order valence-electron chi connectivity index (χ0n) is 9.08. The maximum atomic E-state index is 5.60. The number of ether oxygens (including phenoxy) is 1. The molecule has 16 heavy (non-hydrogen) atoms. The van der Waals surface area contributed by atoms with Gasteiger partial charge in [-0.3, -0.25) is 0 Å². The molecule has 0 amide bonds. The summed E-state index contributed by atoms with van der Waals surface area (Å²) in [5.74, 6) is 1.84. The van der Waals surface area contributed by atoms with Crippen LogP contribution < -0.4 is 10.1 Å². The molecule has 0 saturated carbocycles. The number of nitrogens with one attached hydrogen (secondary N) is 2. The van der Waals surface area contributed by atoms with Gasteiger partial charge in [0.15, 0.2) is 0 Å². The molecular weight excluding hydrogens is 202 g/mol. The van der Waals surface area contributed by atoms with Crippen molar-refractivity contribution in [2.45, 2.75) is 6.92 Å². The molecule has 0 atom stereocenters. The SMILES string of the molecule is Cc1ncc(-c2ccc3c(c2)OCCN3)[nH]1. The lowest BCUT2D eigenvalue weighted by Crippen LogP contribution is -2.17. The van der Waals surface area contributed by atoms with Gasteiger partial charge in [0.05, 0.1) is 17.6 Å². The monoisotopic (exact) mass is 215 g/mol. The highest BCUT2D eigenvalue weighted by Crippen LogP contribution is 2.31. The molecule has 1 aromatic carbocycles. The maximum absolute atomic E-state index is 5.60. The van der Waals surface area contributed by atoms with Crippen LogP contribution >= 0.6 is 0 Å². The summed E-state index contributed by atoms with van der Waals surface area (Å²) in [4.78, 5) is 7.41. The molecular formula is C12H13N3O. The predicted octanol–water partition coefficient (Wildman–Crippen LogP) is 2.19. The van der Waals surface area contributed by atoms with E-state index in [2.05, 4.69) is 21.4 Å². The van der Waals surface area contributed by atoms with E-state index < -0.39 is 0 Å². The molecule has 0 radical (unpaired) electrons. The van der Waals surface area contributed by atoms with Crippen molar-refractivity contribution in [1.82, 2.24) is 9.97 Å². The Labute approximate surface area is 93.7 Å². The number of imidazole rings is 1. The Hall–Kier alpha value is -1.97. The van der Waals surface area contributed by atoms with Gasteiger partial charge in [-0.05, 0) is 19.1 Å². The first-order chi connectivity index (χ1) is 7.83. The number of rotatable bonds is 1. The minimum atomic E-state index is 0.721. The molecule has 1 aliphatic heterocycles. The molecule has 0 saturated heterocycles. The molecule has 0 fully saturated rings. The largest absolute Gasteiger partial charge is 0.490 e. The third kappa shape index (κ3) is 1.52. The van der Waals surface area contributed by atoms with Crippen molar-refractivity contribution in [1.29, 1.82) is 0 Å². The van der Waals surface area contributed by atoms with E-state index in [1.165, 1.54) is 0 Å². The highest BCUT2D eigenvalue weighted by Gasteiger charge is 2.11. The molecule has 82 valence electrons. The summed E-state index contributed by atoms with van der Waals surface area (Å²) in [5.41, 5.74) is 3.18. The van der Waals surface area contributed by atoms with Gasteiger partial charge in [0.2, 0.25) is 0 Å². The molecule has 0 spiro atoms. The van der Waals surface area contributed by atoms with Gasteiger partial charge < -0.3 is 15.0 Å². The number of hydrogen-bond donors (Lipinski definition) is 2. The summed E-state index contributed by atoms with van der Waals surface area (Å²) in [5, 5.41) is 3.30. The minimum Gasteiger partial charge on any atom is -0.490 e. The number of fused-ring (bicyclic) bond motifs is 1. The Morgan fingerprint density at radius 1 is 1.38 bits per heavy atom. The molecule has 0 bridgehead atoms. The summed E-state index contributed by atoms with van der Waals surface area (Å²) in [7, 11) is 0. The van der Waals surface area contributed by atoms with Crippen molar-refractivity contribution in [2.24, 2.45) is 0 Å². The second-order valence-corrected chi connectivity index (χ2v) is 3.87. The first-order valence-corrected chi connectivity index (χ1v) is 5.35. The number of benzene rings is 1. The third-order valence-corrected chi connectivity index (χ3v) is 2.67. The summed E-state index contributed by atoms with van der Waals surface area (Å²) in [6.45, 7) is 3.54. The predicted molar refractivity (Wildman–Crippen MR) is 62.7 cm³/mol. The van der Waals surface area contributed by atoms with Gasteiger partial charge in [-0.2, -0.15) is 0 Å². The standard InChI is InChI=1S/C12H13N3O/c1-8-14-7-11(15-8)9-2-3-10-12(6-9)16-5-4-13-10/h2-3,6-7,13H,4-5H2,1H3,(H,14,15). The maximum Gasteiger partial charge on any atom is 0.143 e. The lowest BCUT2D eigenvalue weighted by molar-refractivity contribution is 0.323. The Balaban J connectivity index is 2.02. The van der Waals surface area contributed by atoms with Crippen LogP contribution in [-0.2, 0) is 0 Å².